The minimum absolute atomic E-state index is 0.104. The van der Waals surface area contributed by atoms with Crippen molar-refractivity contribution in [1.82, 2.24) is 15.2 Å². The number of rotatable bonds is 7. The van der Waals surface area contributed by atoms with Crippen LogP contribution in [0, 0.1) is 0 Å². The molecule has 0 aliphatic carbocycles. The molecule has 1 heterocycles. The van der Waals surface area contributed by atoms with E-state index >= 15 is 0 Å². The van der Waals surface area contributed by atoms with Gasteiger partial charge in [-0.3, -0.25) is 14.4 Å². The molecule has 0 aliphatic heterocycles. The van der Waals surface area contributed by atoms with Crippen molar-refractivity contribution in [1.29, 1.82) is 0 Å². The first-order valence-corrected chi connectivity index (χ1v) is 7.84. The fraction of sp³-hybridized carbons (Fsp3) is 0.278. The number of carbonyl (C=O) groups is 2. The summed E-state index contributed by atoms with van der Waals surface area (Å²) in [5, 5.41) is 5.35. The van der Waals surface area contributed by atoms with Gasteiger partial charge >= 0.3 is 0 Å². The van der Waals surface area contributed by atoms with E-state index in [4.69, 9.17) is 0 Å². The molecular weight excluding hydrogens is 306 g/mol. The average Bonchev–Trinajstić information content (AvgIpc) is 2.57. The Morgan fingerprint density at radius 2 is 1.71 bits per heavy atom. The summed E-state index contributed by atoms with van der Waals surface area (Å²) in [6.07, 6.45) is 2.28. The molecule has 0 fully saturated rings. The second-order valence-electron chi connectivity index (χ2n) is 5.43. The van der Waals surface area contributed by atoms with Crippen LogP contribution in [0.4, 0.5) is 0 Å². The number of hydrogen-bond acceptors (Lipinski definition) is 3. The minimum Gasteiger partial charge on any atom is -0.356 e. The highest BCUT2D eigenvalue weighted by molar-refractivity contribution is 5.93. The molecule has 0 atom stereocenters. The summed E-state index contributed by atoms with van der Waals surface area (Å²) in [5.41, 5.74) is 0.793. The Morgan fingerprint density at radius 1 is 1.00 bits per heavy atom. The molecule has 0 spiro atoms. The van der Waals surface area contributed by atoms with E-state index in [1.54, 1.807) is 12.3 Å². The van der Waals surface area contributed by atoms with Crippen molar-refractivity contribution in [2.75, 3.05) is 13.1 Å². The van der Waals surface area contributed by atoms with Crippen LogP contribution in [0.15, 0.2) is 53.5 Å². The number of pyridine rings is 1. The van der Waals surface area contributed by atoms with Crippen LogP contribution in [0.2, 0.25) is 0 Å². The number of hydrogen-bond donors (Lipinski definition) is 2. The molecule has 0 unspecified atom stereocenters. The van der Waals surface area contributed by atoms with Gasteiger partial charge in [0.2, 0.25) is 5.91 Å². The van der Waals surface area contributed by atoms with Crippen molar-refractivity contribution < 1.29 is 9.59 Å². The third kappa shape index (κ3) is 5.08. The molecule has 2 aromatic rings. The van der Waals surface area contributed by atoms with Crippen LogP contribution in [0.5, 0.6) is 0 Å². The van der Waals surface area contributed by atoms with E-state index in [2.05, 4.69) is 10.6 Å². The van der Waals surface area contributed by atoms with Crippen LogP contribution < -0.4 is 16.2 Å². The monoisotopic (exact) mass is 327 g/mol. The number of amides is 2. The molecule has 0 bridgehead atoms. The highest BCUT2D eigenvalue weighted by atomic mass is 16.2. The average molecular weight is 327 g/mol. The predicted octanol–water partition coefficient (Wildman–Crippen LogP) is 1.15. The van der Waals surface area contributed by atoms with E-state index < -0.39 is 5.91 Å². The second kappa shape index (κ2) is 8.67. The van der Waals surface area contributed by atoms with Crippen LogP contribution in [0.3, 0.4) is 0 Å². The molecule has 0 radical (unpaired) electrons. The summed E-state index contributed by atoms with van der Waals surface area (Å²) < 4.78 is 1.52. The molecule has 24 heavy (non-hydrogen) atoms. The standard InChI is InChI=1S/C18H21N3O3/c1-14(22)19-10-6-11-20-17(23)16-9-5-12-21(18(16)24)13-15-7-3-2-4-8-15/h2-5,7-9,12H,6,10-11,13H2,1H3,(H,19,22)(H,20,23). The number of nitrogens with zero attached hydrogens (tertiary/aromatic N) is 1. The zero-order valence-electron chi connectivity index (χ0n) is 13.6. The van der Waals surface area contributed by atoms with Gasteiger partial charge in [0.1, 0.15) is 5.56 Å². The molecular formula is C18H21N3O3. The first-order valence-electron chi connectivity index (χ1n) is 7.84. The number of aromatic nitrogens is 1. The van der Waals surface area contributed by atoms with Crippen molar-refractivity contribution in [3.63, 3.8) is 0 Å². The Bertz CT molecular complexity index is 754. The quantitative estimate of drug-likeness (QED) is 0.749. The largest absolute Gasteiger partial charge is 0.356 e. The summed E-state index contributed by atoms with van der Waals surface area (Å²) in [6, 6.07) is 12.8. The predicted molar refractivity (Wildman–Crippen MR) is 91.9 cm³/mol. The maximum atomic E-state index is 12.4. The first kappa shape index (κ1) is 17.5. The van der Waals surface area contributed by atoms with Crippen LogP contribution in [0.25, 0.3) is 0 Å². The molecule has 0 saturated heterocycles. The molecule has 126 valence electrons. The van der Waals surface area contributed by atoms with Gasteiger partial charge in [0.15, 0.2) is 0 Å². The Labute approximate surface area is 140 Å². The van der Waals surface area contributed by atoms with Gasteiger partial charge in [0.05, 0.1) is 6.54 Å². The van der Waals surface area contributed by atoms with E-state index in [-0.39, 0.29) is 17.0 Å². The fourth-order valence-corrected chi connectivity index (χ4v) is 2.26. The highest BCUT2D eigenvalue weighted by Gasteiger charge is 2.11. The molecule has 2 N–H and O–H groups in total. The Kier molecular flexibility index (Phi) is 6.31. The van der Waals surface area contributed by atoms with Gasteiger partial charge in [-0.05, 0) is 24.1 Å². The van der Waals surface area contributed by atoms with Crippen molar-refractivity contribution in [2.45, 2.75) is 19.9 Å². The Balaban J connectivity index is 1.98. The van der Waals surface area contributed by atoms with E-state index in [1.807, 2.05) is 30.3 Å². The van der Waals surface area contributed by atoms with Gasteiger partial charge < -0.3 is 15.2 Å². The van der Waals surface area contributed by atoms with E-state index in [0.29, 0.717) is 26.1 Å². The van der Waals surface area contributed by atoms with E-state index in [1.165, 1.54) is 17.6 Å². The van der Waals surface area contributed by atoms with Crippen LogP contribution in [-0.2, 0) is 11.3 Å². The highest BCUT2D eigenvalue weighted by Crippen LogP contribution is 2.01. The number of carbonyl (C=O) groups excluding carboxylic acids is 2. The van der Waals surface area contributed by atoms with Gasteiger partial charge in [-0.15, -0.1) is 0 Å². The fourth-order valence-electron chi connectivity index (χ4n) is 2.26. The third-order valence-electron chi connectivity index (χ3n) is 3.47. The zero-order valence-corrected chi connectivity index (χ0v) is 13.6. The Hall–Kier alpha value is -2.89. The minimum atomic E-state index is -0.398. The van der Waals surface area contributed by atoms with E-state index in [0.717, 1.165) is 5.56 Å². The summed E-state index contributed by atoms with van der Waals surface area (Å²) >= 11 is 0. The second-order valence-corrected chi connectivity index (χ2v) is 5.43. The number of benzene rings is 1. The Morgan fingerprint density at radius 3 is 2.42 bits per heavy atom. The maximum absolute atomic E-state index is 12.4. The normalized spacial score (nSPS) is 10.2. The first-order chi connectivity index (χ1) is 11.6. The SMILES string of the molecule is CC(=O)NCCCNC(=O)c1cccn(Cc2ccccc2)c1=O. The van der Waals surface area contributed by atoms with Crippen molar-refractivity contribution in [2.24, 2.45) is 0 Å². The summed E-state index contributed by atoms with van der Waals surface area (Å²) in [5.74, 6) is -0.501. The van der Waals surface area contributed by atoms with Gasteiger partial charge in [-0.2, -0.15) is 0 Å². The lowest BCUT2D eigenvalue weighted by atomic mass is 10.2. The summed E-state index contributed by atoms with van der Waals surface area (Å²) in [7, 11) is 0. The molecule has 0 saturated carbocycles. The van der Waals surface area contributed by atoms with Crippen LogP contribution in [-0.4, -0.2) is 29.5 Å². The molecule has 6 heteroatoms. The van der Waals surface area contributed by atoms with Gasteiger partial charge in [-0.1, -0.05) is 30.3 Å². The number of nitrogens with one attached hydrogen (secondary N) is 2. The molecule has 2 amide bonds. The summed E-state index contributed by atoms with van der Waals surface area (Å²) in [6.45, 7) is 2.75. The smallest absolute Gasteiger partial charge is 0.263 e. The topological polar surface area (TPSA) is 80.2 Å². The van der Waals surface area contributed by atoms with Crippen molar-refractivity contribution in [3.05, 3.63) is 70.1 Å². The van der Waals surface area contributed by atoms with Crippen molar-refractivity contribution in [3.8, 4) is 0 Å². The van der Waals surface area contributed by atoms with E-state index in [9.17, 15) is 14.4 Å². The zero-order chi connectivity index (χ0) is 17.4. The van der Waals surface area contributed by atoms with Crippen LogP contribution in [0.1, 0.15) is 29.3 Å². The molecule has 1 aromatic heterocycles. The third-order valence-corrected chi connectivity index (χ3v) is 3.47. The lowest BCUT2D eigenvalue weighted by molar-refractivity contribution is -0.118. The molecule has 0 aliphatic rings. The van der Waals surface area contributed by atoms with Crippen molar-refractivity contribution >= 4 is 11.8 Å². The molecule has 1 aromatic carbocycles. The van der Waals surface area contributed by atoms with Gasteiger partial charge in [-0.25, -0.2) is 0 Å². The summed E-state index contributed by atoms with van der Waals surface area (Å²) in [4.78, 5) is 35.3. The molecule has 2 rings (SSSR count). The van der Waals surface area contributed by atoms with Gasteiger partial charge in [0.25, 0.3) is 11.5 Å². The lowest BCUT2D eigenvalue weighted by Crippen LogP contribution is -2.34. The lowest BCUT2D eigenvalue weighted by Gasteiger charge is -2.09. The van der Waals surface area contributed by atoms with Gasteiger partial charge in [0, 0.05) is 26.2 Å². The maximum Gasteiger partial charge on any atom is 0.263 e. The molecule has 6 nitrogen and oxygen atoms in total. The van der Waals surface area contributed by atoms with Crippen LogP contribution >= 0.6 is 0 Å².